The minimum Gasteiger partial charge on any atom is -0.489 e. The zero-order chi connectivity index (χ0) is 24.9. The normalized spacial score (nSPS) is 15.3. The Balaban J connectivity index is 1.66. The molecule has 0 radical (unpaired) electrons. The van der Waals surface area contributed by atoms with Gasteiger partial charge in [0.05, 0.1) is 13.2 Å². The fourth-order valence-electron chi connectivity index (χ4n) is 3.55. The quantitative estimate of drug-likeness (QED) is 0.248. The first kappa shape index (κ1) is 24.8. The first-order valence-corrected chi connectivity index (χ1v) is 11.3. The lowest BCUT2D eigenvalue weighted by Gasteiger charge is -2.18. The van der Waals surface area contributed by atoms with E-state index in [0.717, 1.165) is 25.7 Å². The minimum absolute atomic E-state index is 0.00390. The first-order chi connectivity index (χ1) is 16.9. The van der Waals surface area contributed by atoms with Crippen molar-refractivity contribution in [3.63, 3.8) is 0 Å². The van der Waals surface area contributed by atoms with Crippen molar-refractivity contribution in [2.24, 2.45) is 11.8 Å². The minimum atomic E-state index is -3.13. The van der Waals surface area contributed by atoms with Gasteiger partial charge in [0.15, 0.2) is 23.0 Å². The van der Waals surface area contributed by atoms with Crippen molar-refractivity contribution in [1.29, 1.82) is 0 Å². The molecule has 0 aromatic heterocycles. The summed E-state index contributed by atoms with van der Waals surface area (Å²) in [6, 6.07) is 5.06. The van der Waals surface area contributed by atoms with Crippen LogP contribution in [0.2, 0.25) is 0 Å². The van der Waals surface area contributed by atoms with E-state index >= 15 is 0 Å². The van der Waals surface area contributed by atoms with Gasteiger partial charge in [-0.25, -0.2) is 0 Å². The molecule has 0 spiro atoms. The largest absolute Gasteiger partial charge is 0.489 e. The molecule has 2 aromatic carbocycles. The van der Waals surface area contributed by atoms with Gasteiger partial charge in [-0.2, -0.15) is 17.6 Å². The van der Waals surface area contributed by atoms with Crippen LogP contribution in [-0.4, -0.2) is 39.0 Å². The van der Waals surface area contributed by atoms with E-state index in [1.807, 2.05) is 0 Å². The summed E-state index contributed by atoms with van der Waals surface area (Å²) in [6.07, 6.45) is 4.82. The summed E-state index contributed by atoms with van der Waals surface area (Å²) in [4.78, 5) is 23.5. The predicted molar refractivity (Wildman–Crippen MR) is 116 cm³/mol. The lowest BCUT2D eigenvalue weighted by Crippen LogP contribution is -2.10. The van der Waals surface area contributed by atoms with Gasteiger partial charge in [-0.3, -0.25) is 9.59 Å². The van der Waals surface area contributed by atoms with Gasteiger partial charge in [-0.05, 0) is 79.3 Å². The molecule has 4 rings (SSSR count). The third kappa shape index (κ3) is 6.86. The molecule has 2 fully saturated rings. The van der Waals surface area contributed by atoms with Gasteiger partial charge in [-0.1, -0.05) is 0 Å². The number of hydrogen-bond donors (Lipinski definition) is 0. The summed E-state index contributed by atoms with van der Waals surface area (Å²) in [5.74, 6) is 0.147. The number of halogens is 4. The highest BCUT2D eigenvalue weighted by molar-refractivity contribution is 5.82. The number of carbonyl (C=O) groups excluding carboxylic acids is 2. The van der Waals surface area contributed by atoms with Gasteiger partial charge in [0.1, 0.15) is 12.6 Å². The lowest BCUT2D eigenvalue weighted by atomic mass is 9.96. The average molecular weight is 496 g/mol. The van der Waals surface area contributed by atoms with Crippen molar-refractivity contribution >= 4 is 12.6 Å². The van der Waals surface area contributed by atoms with E-state index in [1.54, 1.807) is 0 Å². The molecule has 0 bridgehead atoms. The molecule has 6 nitrogen and oxygen atoms in total. The Labute approximate surface area is 199 Å². The molecule has 10 heteroatoms. The van der Waals surface area contributed by atoms with Crippen LogP contribution in [0, 0.1) is 11.8 Å². The maximum absolute atomic E-state index is 13.0. The van der Waals surface area contributed by atoms with Gasteiger partial charge in [-0.15, -0.1) is 0 Å². The summed E-state index contributed by atoms with van der Waals surface area (Å²) in [6.45, 7) is -5.65. The Morgan fingerprint density at radius 1 is 0.686 bits per heavy atom. The number of ether oxygens (including phenoxy) is 4. The second-order valence-corrected chi connectivity index (χ2v) is 8.67. The fraction of sp³-hybridized carbons (Fsp3) is 0.440. The Morgan fingerprint density at radius 3 is 1.40 bits per heavy atom. The number of alkyl halides is 4. The van der Waals surface area contributed by atoms with Gasteiger partial charge in [0.25, 0.3) is 0 Å². The number of hydrogen-bond acceptors (Lipinski definition) is 6. The van der Waals surface area contributed by atoms with Crippen LogP contribution in [0.4, 0.5) is 17.6 Å². The third-order valence-corrected chi connectivity index (χ3v) is 5.82. The zero-order valence-electron chi connectivity index (χ0n) is 18.7. The first-order valence-electron chi connectivity index (χ1n) is 11.3. The Hall–Kier alpha value is -3.30. The maximum atomic E-state index is 13.0. The van der Waals surface area contributed by atoms with Crippen molar-refractivity contribution in [1.82, 2.24) is 0 Å². The highest BCUT2D eigenvalue weighted by Gasteiger charge is 2.25. The van der Waals surface area contributed by atoms with Gasteiger partial charge in [0, 0.05) is 11.1 Å². The highest BCUT2D eigenvalue weighted by atomic mass is 19.3. The second kappa shape index (κ2) is 11.0. The van der Waals surface area contributed by atoms with Crippen LogP contribution >= 0.6 is 0 Å². The zero-order valence-corrected chi connectivity index (χ0v) is 18.7. The van der Waals surface area contributed by atoms with Crippen LogP contribution in [0.1, 0.15) is 57.5 Å². The molecule has 0 N–H and O–H groups in total. The Bertz CT molecular complexity index is 983. The number of rotatable bonds is 14. The molecule has 35 heavy (non-hydrogen) atoms. The molecule has 0 amide bonds. The van der Waals surface area contributed by atoms with Crippen molar-refractivity contribution in [3.8, 4) is 23.0 Å². The predicted octanol–water partition coefficient (Wildman–Crippen LogP) is 5.68. The molecule has 0 aliphatic heterocycles. The standard InChI is InChI=1S/C25H24F4O6/c26-24(27)34-22-6-16(18(10-30)8-20(22)32-12-14-1-2-14)5-17-7-23(35-25(28)29)21(9-19(17)11-31)33-13-15-3-4-15/h6-11,14-15,24-25H,1-5,12-13H2. The highest BCUT2D eigenvalue weighted by Crippen LogP contribution is 2.38. The summed E-state index contributed by atoms with van der Waals surface area (Å²) in [5.41, 5.74) is 0.735. The average Bonchev–Trinajstić information content (AvgIpc) is 3.72. The van der Waals surface area contributed by atoms with Crippen LogP contribution in [0.25, 0.3) is 0 Å². The Kier molecular flexibility index (Phi) is 7.77. The van der Waals surface area contributed by atoms with Crippen molar-refractivity contribution < 1.29 is 46.1 Å². The van der Waals surface area contributed by atoms with Gasteiger partial charge >= 0.3 is 13.2 Å². The fourth-order valence-corrected chi connectivity index (χ4v) is 3.55. The molecular weight excluding hydrogens is 472 g/mol. The maximum Gasteiger partial charge on any atom is 0.387 e. The summed E-state index contributed by atoms with van der Waals surface area (Å²) >= 11 is 0. The number of benzene rings is 2. The summed E-state index contributed by atoms with van der Waals surface area (Å²) in [7, 11) is 0. The number of aldehydes is 2. The van der Waals surface area contributed by atoms with Crippen LogP contribution in [0.3, 0.4) is 0 Å². The van der Waals surface area contributed by atoms with E-state index in [1.165, 1.54) is 24.3 Å². The lowest BCUT2D eigenvalue weighted by molar-refractivity contribution is -0.0521. The summed E-state index contributed by atoms with van der Waals surface area (Å²) < 4.78 is 72.5. The van der Waals surface area contributed by atoms with Crippen LogP contribution < -0.4 is 18.9 Å². The van der Waals surface area contributed by atoms with E-state index in [9.17, 15) is 27.2 Å². The summed E-state index contributed by atoms with van der Waals surface area (Å²) in [5, 5.41) is 0. The van der Waals surface area contributed by atoms with Crippen molar-refractivity contribution in [2.45, 2.75) is 45.3 Å². The Morgan fingerprint density at radius 2 is 1.09 bits per heavy atom. The van der Waals surface area contributed by atoms with Gasteiger partial charge < -0.3 is 18.9 Å². The van der Waals surface area contributed by atoms with Crippen molar-refractivity contribution in [2.75, 3.05) is 13.2 Å². The molecule has 188 valence electrons. The molecule has 2 aliphatic carbocycles. The molecule has 0 saturated heterocycles. The van der Waals surface area contributed by atoms with Gasteiger partial charge in [0.2, 0.25) is 0 Å². The molecule has 0 atom stereocenters. The van der Waals surface area contributed by atoms with E-state index in [2.05, 4.69) is 9.47 Å². The van der Waals surface area contributed by atoms with E-state index in [0.29, 0.717) is 37.6 Å². The van der Waals surface area contributed by atoms with Crippen LogP contribution in [-0.2, 0) is 6.42 Å². The molecular formula is C25H24F4O6. The third-order valence-electron chi connectivity index (χ3n) is 5.82. The van der Waals surface area contributed by atoms with Crippen LogP contribution in [0.5, 0.6) is 23.0 Å². The van der Waals surface area contributed by atoms with Crippen LogP contribution in [0.15, 0.2) is 24.3 Å². The topological polar surface area (TPSA) is 71.1 Å². The van der Waals surface area contributed by atoms with E-state index in [-0.39, 0.29) is 51.7 Å². The molecule has 2 saturated carbocycles. The molecule has 0 heterocycles. The molecule has 2 aliphatic rings. The monoisotopic (exact) mass is 496 g/mol. The second-order valence-electron chi connectivity index (χ2n) is 8.67. The number of carbonyl (C=O) groups is 2. The van der Waals surface area contributed by atoms with E-state index < -0.39 is 13.2 Å². The molecule has 2 aromatic rings. The van der Waals surface area contributed by atoms with Crippen molar-refractivity contribution in [3.05, 3.63) is 46.5 Å². The smallest absolute Gasteiger partial charge is 0.387 e. The van der Waals surface area contributed by atoms with E-state index in [4.69, 9.17) is 9.47 Å². The SMILES string of the molecule is O=Cc1cc(OCC2CC2)c(OC(F)F)cc1Cc1cc(OC(F)F)c(OCC2CC2)cc1C=O. The molecule has 0 unspecified atom stereocenters.